The summed E-state index contributed by atoms with van der Waals surface area (Å²) in [7, 11) is 2.17. The molecule has 0 spiro atoms. The van der Waals surface area contributed by atoms with Crippen LogP contribution in [0.15, 0.2) is 35.3 Å². The molecule has 1 aromatic heterocycles. The molecule has 2 N–H and O–H groups in total. The third-order valence-corrected chi connectivity index (χ3v) is 3.97. The number of carbonyl (C=O) groups is 2. The summed E-state index contributed by atoms with van der Waals surface area (Å²) in [6, 6.07) is 4.36. The number of esters is 2. The normalized spacial score (nSPS) is 12.2. The number of pyridine rings is 1. The van der Waals surface area contributed by atoms with Crippen LogP contribution in [0.5, 0.6) is 11.5 Å². The van der Waals surface area contributed by atoms with Gasteiger partial charge in [0, 0.05) is 12.1 Å². The van der Waals surface area contributed by atoms with Gasteiger partial charge < -0.3 is 24.3 Å². The zero-order valence-corrected chi connectivity index (χ0v) is 15.2. The van der Waals surface area contributed by atoms with Gasteiger partial charge in [-0.15, -0.1) is 13.2 Å². The summed E-state index contributed by atoms with van der Waals surface area (Å²) in [6.07, 6.45) is -4.38. The van der Waals surface area contributed by atoms with E-state index in [0.29, 0.717) is 0 Å². The summed E-state index contributed by atoms with van der Waals surface area (Å²) < 4.78 is 49.9. The van der Waals surface area contributed by atoms with Crippen LogP contribution in [0.4, 0.5) is 13.2 Å². The lowest BCUT2D eigenvalue weighted by atomic mass is 9.88. The zero-order chi connectivity index (χ0) is 21.8. The Kier molecular flexibility index (Phi) is 6.52. The molecule has 0 aliphatic heterocycles. The lowest BCUT2D eigenvalue weighted by Crippen LogP contribution is -2.22. The number of halogens is 3. The Labute approximate surface area is 161 Å². The van der Waals surface area contributed by atoms with E-state index in [-0.39, 0.29) is 16.7 Å². The molecule has 2 rings (SSSR count). The summed E-state index contributed by atoms with van der Waals surface area (Å²) in [4.78, 5) is 38.2. The maximum absolute atomic E-state index is 12.3. The molecule has 8 nitrogen and oxygen atoms in total. The van der Waals surface area contributed by atoms with Gasteiger partial charge in [0.15, 0.2) is 0 Å². The smallest absolute Gasteiger partial charge is 0.506 e. The molecule has 0 saturated heterocycles. The van der Waals surface area contributed by atoms with Gasteiger partial charge in [-0.25, -0.2) is 4.79 Å². The van der Waals surface area contributed by atoms with E-state index < -0.39 is 47.7 Å². The third kappa shape index (κ3) is 5.27. The van der Waals surface area contributed by atoms with Crippen molar-refractivity contribution >= 4 is 11.9 Å². The van der Waals surface area contributed by atoms with Crippen molar-refractivity contribution in [3.63, 3.8) is 0 Å². The van der Waals surface area contributed by atoms with Crippen LogP contribution in [0, 0.1) is 0 Å². The average molecular weight is 415 g/mol. The SMILES string of the molecule is COC(=O)C[C@@H](c1ccc(OC(F)(F)F)cc1)c1c(O)c(C(=O)OC)c[nH]c1=O. The van der Waals surface area contributed by atoms with Crippen molar-refractivity contribution in [1.82, 2.24) is 4.98 Å². The van der Waals surface area contributed by atoms with Crippen molar-refractivity contribution in [1.29, 1.82) is 0 Å². The standard InChI is InChI=1S/C18H16F3NO7/c1-27-13(23)7-11(9-3-5-10(6-4-9)29-18(19,20)21)14-15(24)12(17(26)28-2)8-22-16(14)25/h3-6,8,11H,7H2,1-2H3,(H2,22,24,25)/t11-/m0/s1. The number of ether oxygens (including phenoxy) is 3. The average Bonchev–Trinajstić information content (AvgIpc) is 2.66. The number of aromatic amines is 1. The van der Waals surface area contributed by atoms with Crippen molar-refractivity contribution in [3.05, 3.63) is 57.5 Å². The van der Waals surface area contributed by atoms with E-state index in [1.165, 1.54) is 12.1 Å². The van der Waals surface area contributed by atoms with Crippen LogP contribution in [0.3, 0.4) is 0 Å². The van der Waals surface area contributed by atoms with Gasteiger partial charge in [-0.3, -0.25) is 9.59 Å². The fraction of sp³-hybridized carbons (Fsp3) is 0.278. The van der Waals surface area contributed by atoms with E-state index in [9.17, 15) is 32.7 Å². The number of aromatic nitrogens is 1. The van der Waals surface area contributed by atoms with Crippen LogP contribution in [0.2, 0.25) is 0 Å². The molecule has 0 radical (unpaired) electrons. The minimum absolute atomic E-state index is 0.202. The number of carbonyl (C=O) groups excluding carboxylic acids is 2. The quantitative estimate of drug-likeness (QED) is 0.697. The molecule has 1 aromatic carbocycles. The number of H-pyrrole nitrogens is 1. The Balaban J connectivity index is 2.56. The van der Waals surface area contributed by atoms with Crippen molar-refractivity contribution in [3.8, 4) is 11.5 Å². The first-order valence-corrected chi connectivity index (χ1v) is 8.02. The van der Waals surface area contributed by atoms with Crippen LogP contribution >= 0.6 is 0 Å². The van der Waals surface area contributed by atoms with E-state index in [4.69, 9.17) is 0 Å². The molecule has 2 aromatic rings. The number of hydrogen-bond acceptors (Lipinski definition) is 7. The van der Waals surface area contributed by atoms with Crippen molar-refractivity contribution in [2.24, 2.45) is 0 Å². The highest BCUT2D eigenvalue weighted by Gasteiger charge is 2.32. The fourth-order valence-electron chi connectivity index (χ4n) is 2.66. The van der Waals surface area contributed by atoms with Gasteiger partial charge in [0.25, 0.3) is 5.56 Å². The molecule has 0 aliphatic carbocycles. The van der Waals surface area contributed by atoms with Gasteiger partial charge >= 0.3 is 18.3 Å². The summed E-state index contributed by atoms with van der Waals surface area (Å²) in [6.45, 7) is 0. The highest BCUT2D eigenvalue weighted by molar-refractivity contribution is 5.92. The molecule has 156 valence electrons. The number of rotatable bonds is 6. The molecule has 0 fully saturated rings. The Bertz CT molecular complexity index is 951. The second-order valence-corrected chi connectivity index (χ2v) is 5.74. The van der Waals surface area contributed by atoms with Gasteiger partial charge in [-0.1, -0.05) is 12.1 Å². The number of nitrogens with one attached hydrogen (secondary N) is 1. The first-order chi connectivity index (χ1) is 13.6. The number of benzene rings is 1. The van der Waals surface area contributed by atoms with E-state index in [2.05, 4.69) is 19.2 Å². The van der Waals surface area contributed by atoms with Crippen molar-refractivity contribution in [2.75, 3.05) is 14.2 Å². The van der Waals surface area contributed by atoms with Crippen LogP contribution in [0.1, 0.15) is 33.8 Å². The first-order valence-electron chi connectivity index (χ1n) is 8.02. The molecule has 29 heavy (non-hydrogen) atoms. The lowest BCUT2D eigenvalue weighted by molar-refractivity contribution is -0.274. The predicted octanol–water partition coefficient (Wildman–Crippen LogP) is 2.46. The number of hydrogen-bond donors (Lipinski definition) is 2. The van der Waals surface area contributed by atoms with Crippen molar-refractivity contribution < 1.29 is 42.1 Å². The third-order valence-electron chi connectivity index (χ3n) is 3.97. The maximum atomic E-state index is 12.3. The molecule has 1 atom stereocenters. The lowest BCUT2D eigenvalue weighted by Gasteiger charge is -2.19. The molecule has 0 amide bonds. The Morgan fingerprint density at radius 2 is 1.76 bits per heavy atom. The number of methoxy groups -OCH3 is 2. The second-order valence-electron chi connectivity index (χ2n) is 5.74. The largest absolute Gasteiger partial charge is 0.573 e. The Morgan fingerprint density at radius 3 is 2.28 bits per heavy atom. The Hall–Kier alpha value is -3.50. The van der Waals surface area contributed by atoms with E-state index in [1.54, 1.807) is 0 Å². The van der Waals surface area contributed by atoms with E-state index in [1.807, 2.05) is 0 Å². The summed E-state index contributed by atoms with van der Waals surface area (Å²) in [5.41, 5.74) is -1.30. The molecular weight excluding hydrogens is 399 g/mol. The van der Waals surface area contributed by atoms with Crippen LogP contribution < -0.4 is 10.3 Å². The van der Waals surface area contributed by atoms with E-state index >= 15 is 0 Å². The minimum Gasteiger partial charge on any atom is -0.506 e. The van der Waals surface area contributed by atoms with Gasteiger partial charge in [-0.2, -0.15) is 0 Å². The first kappa shape index (κ1) is 21.8. The maximum Gasteiger partial charge on any atom is 0.573 e. The predicted molar refractivity (Wildman–Crippen MR) is 91.7 cm³/mol. The fourth-order valence-corrected chi connectivity index (χ4v) is 2.66. The molecule has 0 aliphatic rings. The molecule has 11 heteroatoms. The van der Waals surface area contributed by atoms with Crippen molar-refractivity contribution in [2.45, 2.75) is 18.7 Å². The van der Waals surface area contributed by atoms with Crippen LogP contribution in [0.25, 0.3) is 0 Å². The zero-order valence-electron chi connectivity index (χ0n) is 15.2. The van der Waals surface area contributed by atoms with Crippen LogP contribution in [-0.4, -0.2) is 42.6 Å². The molecule has 0 unspecified atom stereocenters. The highest BCUT2D eigenvalue weighted by atomic mass is 19.4. The molecule has 0 saturated carbocycles. The Morgan fingerprint density at radius 1 is 1.14 bits per heavy atom. The summed E-state index contributed by atoms with van der Waals surface area (Å²) >= 11 is 0. The van der Waals surface area contributed by atoms with Gasteiger partial charge in [-0.05, 0) is 17.7 Å². The number of alkyl halides is 3. The molecule has 0 bridgehead atoms. The monoisotopic (exact) mass is 415 g/mol. The highest BCUT2D eigenvalue weighted by Crippen LogP contribution is 2.35. The van der Waals surface area contributed by atoms with E-state index in [0.717, 1.165) is 32.5 Å². The summed E-state index contributed by atoms with van der Waals surface area (Å²) in [5, 5.41) is 10.4. The van der Waals surface area contributed by atoms with Gasteiger partial charge in [0.05, 0.1) is 26.2 Å². The second kappa shape index (κ2) is 8.67. The molecular formula is C18H16F3NO7. The van der Waals surface area contributed by atoms with Gasteiger partial charge in [0.2, 0.25) is 0 Å². The van der Waals surface area contributed by atoms with Crippen LogP contribution in [-0.2, 0) is 14.3 Å². The topological polar surface area (TPSA) is 115 Å². The minimum atomic E-state index is -4.89. The summed E-state index contributed by atoms with van der Waals surface area (Å²) in [5.74, 6) is -4.06. The van der Waals surface area contributed by atoms with Gasteiger partial charge in [0.1, 0.15) is 17.1 Å². The number of aromatic hydroxyl groups is 1. The molecule has 1 heterocycles.